The first-order chi connectivity index (χ1) is 12.8. The van der Waals surface area contributed by atoms with Gasteiger partial charge in [0, 0.05) is 30.7 Å². The summed E-state index contributed by atoms with van der Waals surface area (Å²) in [4.78, 5) is 19.3. The van der Waals surface area contributed by atoms with Crippen LogP contribution in [0.3, 0.4) is 0 Å². The molecule has 2 aromatic heterocycles. The number of hydrogen-bond acceptors (Lipinski definition) is 3. The first-order valence-electron chi connectivity index (χ1n) is 8.55. The van der Waals surface area contributed by atoms with Crippen molar-refractivity contribution in [2.75, 3.05) is 20.1 Å². The lowest BCUT2D eigenvalue weighted by Gasteiger charge is -2.11. The Balaban J connectivity index is 1.39. The topological polar surface area (TPSA) is 94.5 Å². The highest BCUT2D eigenvalue weighted by atomic mass is 16.3. The lowest BCUT2D eigenvalue weighted by atomic mass is 10.1. The van der Waals surface area contributed by atoms with Crippen LogP contribution in [0.25, 0.3) is 10.9 Å². The third-order valence-corrected chi connectivity index (χ3v) is 4.04. The van der Waals surface area contributed by atoms with Gasteiger partial charge in [0.25, 0.3) is 0 Å². The number of H-pyrrole nitrogens is 1. The number of guanidine groups is 1. The van der Waals surface area contributed by atoms with Crippen LogP contribution in [0.1, 0.15) is 11.3 Å². The molecule has 26 heavy (non-hydrogen) atoms. The highest BCUT2D eigenvalue weighted by Gasteiger charge is 2.06. The van der Waals surface area contributed by atoms with Gasteiger partial charge in [0.2, 0.25) is 5.91 Å². The molecular weight excluding hydrogens is 330 g/mol. The zero-order valence-electron chi connectivity index (χ0n) is 14.7. The number of benzene rings is 1. The van der Waals surface area contributed by atoms with Crippen molar-refractivity contribution in [3.05, 3.63) is 60.2 Å². The van der Waals surface area contributed by atoms with Crippen LogP contribution in [-0.4, -0.2) is 37.0 Å². The van der Waals surface area contributed by atoms with Gasteiger partial charge in [0.15, 0.2) is 5.96 Å². The third-order valence-electron chi connectivity index (χ3n) is 4.04. The molecule has 0 atom stereocenters. The largest absolute Gasteiger partial charge is 0.467 e. The molecule has 0 radical (unpaired) electrons. The van der Waals surface area contributed by atoms with Crippen LogP contribution in [0.15, 0.2) is 58.3 Å². The summed E-state index contributed by atoms with van der Waals surface area (Å²) in [5, 5.41) is 10.2. The predicted octanol–water partition coefficient (Wildman–Crippen LogP) is 1.78. The number of carbonyl (C=O) groups is 1. The molecular formula is C19H23N5O2. The second-order valence-electron chi connectivity index (χ2n) is 5.82. The summed E-state index contributed by atoms with van der Waals surface area (Å²) in [6.45, 7) is 1.24. The van der Waals surface area contributed by atoms with Gasteiger partial charge in [-0.1, -0.05) is 18.2 Å². The van der Waals surface area contributed by atoms with E-state index < -0.39 is 0 Å². The van der Waals surface area contributed by atoms with E-state index in [1.54, 1.807) is 19.4 Å². The van der Waals surface area contributed by atoms with Crippen LogP contribution < -0.4 is 16.0 Å². The maximum atomic E-state index is 11.9. The zero-order valence-corrected chi connectivity index (χ0v) is 14.7. The molecule has 136 valence electrons. The molecule has 0 fully saturated rings. The standard InChI is InChI=1S/C19H23N5O2/c1-20-19(24-13-18(25)23-12-15-5-4-10-26-15)21-9-8-14-11-22-17-7-3-2-6-16(14)17/h2-7,10-11,22H,8-9,12-13H2,1H3,(H,23,25)(H2,20,21,24). The molecule has 3 rings (SSSR count). The minimum absolute atomic E-state index is 0.124. The molecule has 2 heterocycles. The summed E-state index contributed by atoms with van der Waals surface area (Å²) in [5.74, 6) is 1.19. The van der Waals surface area contributed by atoms with Gasteiger partial charge in [-0.3, -0.25) is 9.79 Å². The van der Waals surface area contributed by atoms with Crippen molar-refractivity contribution < 1.29 is 9.21 Å². The number of aromatic amines is 1. The van der Waals surface area contributed by atoms with E-state index in [2.05, 4.69) is 38.1 Å². The van der Waals surface area contributed by atoms with Gasteiger partial charge in [-0.2, -0.15) is 0 Å². The van der Waals surface area contributed by atoms with Crippen molar-refractivity contribution in [2.45, 2.75) is 13.0 Å². The van der Waals surface area contributed by atoms with Crippen LogP contribution in [0.2, 0.25) is 0 Å². The number of nitrogens with one attached hydrogen (secondary N) is 4. The van der Waals surface area contributed by atoms with Crippen LogP contribution >= 0.6 is 0 Å². The van der Waals surface area contributed by atoms with Crippen LogP contribution in [0, 0.1) is 0 Å². The quantitative estimate of drug-likeness (QED) is 0.385. The molecule has 7 heteroatoms. The number of amides is 1. The lowest BCUT2D eigenvalue weighted by Crippen LogP contribution is -2.43. The monoisotopic (exact) mass is 353 g/mol. The van der Waals surface area contributed by atoms with Gasteiger partial charge in [-0.15, -0.1) is 0 Å². The van der Waals surface area contributed by atoms with Crippen molar-refractivity contribution in [3.8, 4) is 0 Å². The summed E-state index contributed by atoms with van der Waals surface area (Å²) >= 11 is 0. The van der Waals surface area contributed by atoms with Gasteiger partial charge in [0.1, 0.15) is 5.76 Å². The van der Waals surface area contributed by atoms with Gasteiger partial charge in [0.05, 0.1) is 19.4 Å². The molecule has 4 N–H and O–H groups in total. The zero-order chi connectivity index (χ0) is 18.2. The fourth-order valence-corrected chi connectivity index (χ4v) is 2.70. The maximum Gasteiger partial charge on any atom is 0.239 e. The minimum Gasteiger partial charge on any atom is -0.467 e. The van der Waals surface area contributed by atoms with Crippen molar-refractivity contribution in [2.24, 2.45) is 4.99 Å². The van der Waals surface area contributed by atoms with E-state index >= 15 is 0 Å². The number of hydrogen-bond donors (Lipinski definition) is 4. The Morgan fingerprint density at radius 1 is 1.15 bits per heavy atom. The van der Waals surface area contributed by atoms with Crippen molar-refractivity contribution in [3.63, 3.8) is 0 Å². The Bertz CT molecular complexity index is 867. The normalized spacial score (nSPS) is 11.5. The smallest absolute Gasteiger partial charge is 0.239 e. The van der Waals surface area contributed by atoms with E-state index in [0.717, 1.165) is 24.2 Å². The minimum atomic E-state index is -0.124. The first kappa shape index (κ1) is 17.6. The molecule has 1 aromatic carbocycles. The van der Waals surface area contributed by atoms with E-state index in [4.69, 9.17) is 4.42 Å². The van der Waals surface area contributed by atoms with E-state index in [-0.39, 0.29) is 12.5 Å². The number of aromatic nitrogens is 1. The molecule has 0 saturated heterocycles. The molecule has 7 nitrogen and oxygen atoms in total. The van der Waals surface area contributed by atoms with Crippen LogP contribution in [-0.2, 0) is 17.8 Å². The summed E-state index contributed by atoms with van der Waals surface area (Å²) < 4.78 is 5.18. The number of fused-ring (bicyclic) bond motifs is 1. The Morgan fingerprint density at radius 2 is 2.04 bits per heavy atom. The fourth-order valence-electron chi connectivity index (χ4n) is 2.70. The molecule has 0 aliphatic heterocycles. The Morgan fingerprint density at radius 3 is 2.85 bits per heavy atom. The summed E-state index contributed by atoms with van der Waals surface area (Å²) in [7, 11) is 1.68. The summed E-state index contributed by atoms with van der Waals surface area (Å²) in [6.07, 6.45) is 4.47. The van der Waals surface area contributed by atoms with Crippen LogP contribution in [0.4, 0.5) is 0 Å². The number of aliphatic imine (C=N–C) groups is 1. The molecule has 0 aliphatic rings. The van der Waals surface area contributed by atoms with Gasteiger partial charge >= 0.3 is 0 Å². The first-order valence-corrected chi connectivity index (χ1v) is 8.55. The van der Waals surface area contributed by atoms with Gasteiger partial charge < -0.3 is 25.4 Å². The van der Waals surface area contributed by atoms with E-state index in [1.165, 1.54) is 10.9 Å². The number of rotatable bonds is 7. The second kappa shape index (κ2) is 8.75. The molecule has 0 saturated carbocycles. The molecule has 0 aliphatic carbocycles. The lowest BCUT2D eigenvalue weighted by molar-refractivity contribution is -0.120. The van der Waals surface area contributed by atoms with Crippen molar-refractivity contribution >= 4 is 22.8 Å². The van der Waals surface area contributed by atoms with Gasteiger partial charge in [-0.25, -0.2) is 0 Å². The van der Waals surface area contributed by atoms with E-state index in [1.807, 2.05) is 24.4 Å². The average molecular weight is 353 g/mol. The molecule has 0 bridgehead atoms. The predicted molar refractivity (Wildman–Crippen MR) is 102 cm³/mol. The highest BCUT2D eigenvalue weighted by molar-refractivity contribution is 5.86. The maximum absolute atomic E-state index is 11.9. The van der Waals surface area contributed by atoms with Crippen LogP contribution in [0.5, 0.6) is 0 Å². The Labute approximate surface area is 151 Å². The van der Waals surface area contributed by atoms with E-state index in [9.17, 15) is 4.79 Å². The third kappa shape index (κ3) is 4.66. The second-order valence-corrected chi connectivity index (χ2v) is 5.82. The Hall–Kier alpha value is -3.22. The number of carbonyl (C=O) groups excluding carboxylic acids is 1. The summed E-state index contributed by atoms with van der Waals surface area (Å²) in [6, 6.07) is 11.8. The van der Waals surface area contributed by atoms with Crippen molar-refractivity contribution in [1.82, 2.24) is 20.9 Å². The molecule has 0 unspecified atom stereocenters. The number of furan rings is 1. The van der Waals surface area contributed by atoms with E-state index in [0.29, 0.717) is 12.5 Å². The average Bonchev–Trinajstić information content (AvgIpc) is 3.33. The Kier molecular flexibility index (Phi) is 5.92. The fraction of sp³-hybridized carbons (Fsp3) is 0.263. The number of nitrogens with zero attached hydrogens (tertiary/aromatic N) is 1. The summed E-state index contributed by atoms with van der Waals surface area (Å²) in [5.41, 5.74) is 2.39. The highest BCUT2D eigenvalue weighted by Crippen LogP contribution is 2.17. The SMILES string of the molecule is CN=C(NCCc1c[nH]c2ccccc12)NCC(=O)NCc1ccco1. The van der Waals surface area contributed by atoms with Crippen molar-refractivity contribution in [1.29, 1.82) is 0 Å². The number of para-hydroxylation sites is 1. The molecule has 3 aromatic rings. The van der Waals surface area contributed by atoms with Gasteiger partial charge in [-0.05, 0) is 30.2 Å². The molecule has 1 amide bonds. The molecule has 0 spiro atoms.